The van der Waals surface area contributed by atoms with Crippen LogP contribution >= 0.6 is 11.3 Å². The van der Waals surface area contributed by atoms with Crippen molar-refractivity contribution in [3.05, 3.63) is 0 Å². The molecule has 8 nitrogen and oxygen atoms in total. The summed E-state index contributed by atoms with van der Waals surface area (Å²) in [4.78, 5) is 10.7. The number of aromatic nitrogens is 2. The molecule has 1 aromatic heterocycles. The van der Waals surface area contributed by atoms with Gasteiger partial charge in [0.25, 0.3) is 10.0 Å². The molecule has 1 amide bonds. The zero-order valence-electron chi connectivity index (χ0n) is 9.17. The highest BCUT2D eigenvalue weighted by Gasteiger charge is 2.20. The number of aliphatic hydroxyl groups is 1. The molecule has 0 radical (unpaired) electrons. The maximum atomic E-state index is 11.6. The standard InChI is InChI=1S/C7H12N4O4S2/c1-4(12)3-8-17(14,15)7-11-10-6(16-7)9-5(2)13/h4,8,12H,3H2,1-2H3,(H,9,10,13). The molecule has 1 heterocycles. The molecule has 0 saturated carbocycles. The lowest BCUT2D eigenvalue weighted by molar-refractivity contribution is -0.114. The Labute approximate surface area is 102 Å². The smallest absolute Gasteiger partial charge is 0.269 e. The van der Waals surface area contributed by atoms with Gasteiger partial charge in [0.05, 0.1) is 6.10 Å². The molecule has 0 spiro atoms. The van der Waals surface area contributed by atoms with Crippen LogP contribution < -0.4 is 10.0 Å². The normalized spacial score (nSPS) is 13.4. The zero-order chi connectivity index (χ0) is 13.1. The fraction of sp³-hybridized carbons (Fsp3) is 0.571. The summed E-state index contributed by atoms with van der Waals surface area (Å²) in [6, 6.07) is 0. The van der Waals surface area contributed by atoms with Gasteiger partial charge in [-0.2, -0.15) is 0 Å². The number of anilines is 1. The van der Waals surface area contributed by atoms with Gasteiger partial charge in [0, 0.05) is 13.5 Å². The highest BCUT2D eigenvalue weighted by Crippen LogP contribution is 2.19. The van der Waals surface area contributed by atoms with E-state index in [-0.39, 0.29) is 21.9 Å². The van der Waals surface area contributed by atoms with Gasteiger partial charge in [-0.25, -0.2) is 13.1 Å². The van der Waals surface area contributed by atoms with Crippen LogP contribution in [-0.2, 0) is 14.8 Å². The van der Waals surface area contributed by atoms with Gasteiger partial charge in [0.1, 0.15) is 0 Å². The Morgan fingerprint density at radius 1 is 1.53 bits per heavy atom. The van der Waals surface area contributed by atoms with Crippen molar-refractivity contribution in [2.24, 2.45) is 0 Å². The van der Waals surface area contributed by atoms with Crippen LogP contribution in [0, 0.1) is 0 Å². The Kier molecular flexibility index (Phi) is 4.51. The number of nitrogens with zero attached hydrogens (tertiary/aromatic N) is 2. The van der Waals surface area contributed by atoms with E-state index in [1.165, 1.54) is 13.8 Å². The Morgan fingerprint density at radius 3 is 2.71 bits per heavy atom. The second-order valence-corrected chi connectivity index (χ2v) is 6.17. The number of hydrogen-bond acceptors (Lipinski definition) is 7. The first-order valence-corrected chi connectivity index (χ1v) is 6.90. The van der Waals surface area contributed by atoms with Crippen molar-refractivity contribution in [1.29, 1.82) is 0 Å². The third-order valence-electron chi connectivity index (χ3n) is 1.49. The lowest BCUT2D eigenvalue weighted by Gasteiger charge is -2.04. The van der Waals surface area contributed by atoms with Crippen LogP contribution in [0.15, 0.2) is 4.34 Å². The molecular formula is C7H12N4O4S2. The molecule has 0 saturated heterocycles. The quantitative estimate of drug-likeness (QED) is 0.604. The van der Waals surface area contributed by atoms with E-state index in [0.29, 0.717) is 0 Å². The van der Waals surface area contributed by atoms with Crippen LogP contribution in [0.1, 0.15) is 13.8 Å². The maximum Gasteiger partial charge on any atom is 0.269 e. The van der Waals surface area contributed by atoms with Crippen LogP contribution in [0.2, 0.25) is 0 Å². The first kappa shape index (κ1) is 14.0. The number of aliphatic hydroxyl groups excluding tert-OH is 1. The van der Waals surface area contributed by atoms with E-state index >= 15 is 0 Å². The lowest BCUT2D eigenvalue weighted by atomic mass is 10.4. The number of sulfonamides is 1. The molecule has 0 bridgehead atoms. The first-order chi connectivity index (χ1) is 7.81. The van der Waals surface area contributed by atoms with Crippen molar-refractivity contribution in [2.75, 3.05) is 11.9 Å². The molecule has 0 aromatic carbocycles. The molecule has 96 valence electrons. The summed E-state index contributed by atoms with van der Waals surface area (Å²) in [7, 11) is -3.79. The van der Waals surface area contributed by atoms with E-state index in [1.54, 1.807) is 0 Å². The second-order valence-electron chi connectivity index (χ2n) is 3.26. The summed E-state index contributed by atoms with van der Waals surface area (Å²) in [5.41, 5.74) is 0. The molecule has 1 atom stereocenters. The third kappa shape index (κ3) is 4.34. The minimum absolute atomic E-state index is 0.106. The molecule has 0 aliphatic rings. The summed E-state index contributed by atoms with van der Waals surface area (Å²) in [6.45, 7) is 2.62. The monoisotopic (exact) mass is 280 g/mol. The second kappa shape index (κ2) is 5.49. The molecule has 1 rings (SSSR count). The number of hydrogen-bond donors (Lipinski definition) is 3. The number of rotatable bonds is 5. The highest BCUT2D eigenvalue weighted by molar-refractivity contribution is 7.91. The van der Waals surface area contributed by atoms with E-state index in [0.717, 1.165) is 11.3 Å². The fourth-order valence-electron chi connectivity index (χ4n) is 0.812. The van der Waals surface area contributed by atoms with E-state index in [9.17, 15) is 13.2 Å². The van der Waals surface area contributed by atoms with Crippen molar-refractivity contribution in [2.45, 2.75) is 24.3 Å². The zero-order valence-corrected chi connectivity index (χ0v) is 10.8. The number of carbonyl (C=O) groups is 1. The lowest BCUT2D eigenvalue weighted by Crippen LogP contribution is -2.30. The number of amides is 1. The Hall–Kier alpha value is -1.10. The van der Waals surface area contributed by atoms with Crippen LogP contribution in [0.25, 0.3) is 0 Å². The van der Waals surface area contributed by atoms with Gasteiger partial charge in [-0.05, 0) is 6.92 Å². The molecule has 1 aromatic rings. The van der Waals surface area contributed by atoms with Gasteiger partial charge in [-0.1, -0.05) is 11.3 Å². The van der Waals surface area contributed by atoms with Gasteiger partial charge in [0.15, 0.2) is 0 Å². The average molecular weight is 280 g/mol. The van der Waals surface area contributed by atoms with Crippen LogP contribution in [0.3, 0.4) is 0 Å². The van der Waals surface area contributed by atoms with E-state index in [1.807, 2.05) is 0 Å². The molecule has 0 fully saturated rings. The fourth-order valence-corrected chi connectivity index (χ4v) is 2.92. The van der Waals surface area contributed by atoms with Gasteiger partial charge < -0.3 is 10.4 Å². The van der Waals surface area contributed by atoms with Crippen molar-refractivity contribution in [1.82, 2.24) is 14.9 Å². The number of carbonyl (C=O) groups excluding carboxylic acids is 1. The topological polar surface area (TPSA) is 121 Å². The minimum atomic E-state index is -3.79. The minimum Gasteiger partial charge on any atom is -0.392 e. The summed E-state index contributed by atoms with van der Waals surface area (Å²) >= 11 is 0.734. The van der Waals surface area contributed by atoms with Crippen molar-refractivity contribution >= 4 is 32.4 Å². The SMILES string of the molecule is CC(=O)Nc1nnc(S(=O)(=O)NCC(C)O)s1. The predicted octanol–water partition coefficient (Wildman–Crippen LogP) is -0.844. The maximum absolute atomic E-state index is 11.6. The Bertz CT molecular complexity index is 496. The van der Waals surface area contributed by atoms with Crippen molar-refractivity contribution in [3.63, 3.8) is 0 Å². The van der Waals surface area contributed by atoms with Gasteiger partial charge in [-0.15, -0.1) is 10.2 Å². The van der Waals surface area contributed by atoms with E-state index in [4.69, 9.17) is 5.11 Å². The molecular weight excluding hydrogens is 268 g/mol. The molecule has 10 heteroatoms. The molecule has 0 aliphatic heterocycles. The summed E-state index contributed by atoms with van der Waals surface area (Å²) in [5.74, 6) is -0.359. The predicted molar refractivity (Wildman–Crippen MR) is 61.1 cm³/mol. The number of nitrogens with one attached hydrogen (secondary N) is 2. The molecule has 3 N–H and O–H groups in total. The van der Waals surface area contributed by atoms with Gasteiger partial charge >= 0.3 is 0 Å². The molecule has 1 unspecified atom stereocenters. The summed E-state index contributed by atoms with van der Waals surface area (Å²) in [5, 5.41) is 18.3. The van der Waals surface area contributed by atoms with Gasteiger partial charge in [0.2, 0.25) is 15.4 Å². The summed E-state index contributed by atoms with van der Waals surface area (Å²) < 4.78 is 25.1. The largest absolute Gasteiger partial charge is 0.392 e. The van der Waals surface area contributed by atoms with Crippen molar-refractivity contribution < 1.29 is 18.3 Å². The van der Waals surface area contributed by atoms with Crippen LogP contribution in [0.5, 0.6) is 0 Å². The van der Waals surface area contributed by atoms with E-state index in [2.05, 4.69) is 20.2 Å². The average Bonchev–Trinajstić information content (AvgIpc) is 2.63. The molecule has 17 heavy (non-hydrogen) atoms. The van der Waals surface area contributed by atoms with E-state index < -0.39 is 16.1 Å². The summed E-state index contributed by atoms with van der Waals surface area (Å²) in [6.07, 6.45) is -0.799. The van der Waals surface area contributed by atoms with Crippen molar-refractivity contribution in [3.8, 4) is 0 Å². The Balaban J connectivity index is 2.78. The third-order valence-corrected chi connectivity index (χ3v) is 4.12. The van der Waals surface area contributed by atoms with Crippen LogP contribution in [0.4, 0.5) is 5.13 Å². The first-order valence-electron chi connectivity index (χ1n) is 4.60. The molecule has 0 aliphatic carbocycles. The van der Waals surface area contributed by atoms with Gasteiger partial charge in [-0.3, -0.25) is 4.79 Å². The Morgan fingerprint density at radius 2 is 2.18 bits per heavy atom. The van der Waals surface area contributed by atoms with Crippen LogP contribution in [-0.4, -0.2) is 42.3 Å². The highest BCUT2D eigenvalue weighted by atomic mass is 32.2.